The Morgan fingerprint density at radius 1 is 0.433 bits per heavy atom. The van der Waals surface area contributed by atoms with Gasteiger partial charge in [-0.1, -0.05) is 155 Å². The van der Waals surface area contributed by atoms with Crippen LogP contribution in [0.4, 0.5) is 0 Å². The molecule has 0 aromatic heterocycles. The highest BCUT2D eigenvalue weighted by Gasteiger charge is 2.04. The summed E-state index contributed by atoms with van der Waals surface area (Å²) < 4.78 is 0. The molecular formula is C30H58. The van der Waals surface area contributed by atoms with Gasteiger partial charge in [-0.15, -0.1) is 0 Å². The fraction of sp³-hybridized carbons (Fsp3) is 0.867. The first-order valence-corrected chi connectivity index (χ1v) is 13.9. The quantitative estimate of drug-likeness (QED) is 0.108. The van der Waals surface area contributed by atoms with Crippen LogP contribution in [0.1, 0.15) is 155 Å². The third-order valence-electron chi connectivity index (χ3n) is 6.70. The van der Waals surface area contributed by atoms with Gasteiger partial charge < -0.3 is 0 Å². The van der Waals surface area contributed by atoms with Crippen LogP contribution in [-0.4, -0.2) is 0 Å². The lowest BCUT2D eigenvalue weighted by molar-refractivity contribution is 0.416. The van der Waals surface area contributed by atoms with E-state index in [4.69, 9.17) is 0 Å². The second-order valence-electron chi connectivity index (χ2n) is 10.1. The standard InChI is InChI=1S/C30H58/c1-5-7-9-11-12-13-14-15-16-17-18-22-26-30(4)28-24-20-19-23-27-29(3)25-21-10-8-6-2/h15-16,29-30H,1-2,5-14,17-28H2,3-4H3/b16-15+. The minimum atomic E-state index is 0.930. The average Bonchev–Trinajstić information content (AvgIpc) is 2.74. The third kappa shape index (κ3) is 24.0. The lowest BCUT2D eigenvalue weighted by Crippen LogP contribution is -1.96. The van der Waals surface area contributed by atoms with Crippen LogP contribution in [-0.2, 0) is 0 Å². The van der Waals surface area contributed by atoms with Crippen LogP contribution in [0.25, 0.3) is 0 Å². The Morgan fingerprint density at radius 2 is 0.733 bits per heavy atom. The van der Waals surface area contributed by atoms with Crippen LogP contribution in [0.15, 0.2) is 12.2 Å². The Bertz CT molecular complexity index is 329. The zero-order valence-corrected chi connectivity index (χ0v) is 21.3. The molecule has 0 aliphatic heterocycles. The second kappa shape index (κ2) is 25.0. The van der Waals surface area contributed by atoms with Gasteiger partial charge in [-0.05, 0) is 37.5 Å². The maximum Gasteiger partial charge on any atom is -0.0351 e. The molecule has 0 rings (SSSR count). The molecule has 0 saturated heterocycles. The number of allylic oxidation sites excluding steroid dienone is 2. The second-order valence-corrected chi connectivity index (χ2v) is 10.1. The van der Waals surface area contributed by atoms with Crippen molar-refractivity contribution in [1.82, 2.24) is 0 Å². The molecule has 178 valence electrons. The van der Waals surface area contributed by atoms with Crippen molar-refractivity contribution >= 4 is 0 Å². The van der Waals surface area contributed by atoms with Crippen LogP contribution in [0.2, 0.25) is 0 Å². The largest absolute Gasteiger partial charge is 0.0885 e. The van der Waals surface area contributed by atoms with Crippen molar-refractivity contribution in [2.45, 2.75) is 155 Å². The molecule has 0 bridgehead atoms. The highest BCUT2D eigenvalue weighted by Crippen LogP contribution is 2.20. The maximum absolute atomic E-state index is 3.93. The topological polar surface area (TPSA) is 0 Å². The fourth-order valence-electron chi connectivity index (χ4n) is 4.43. The molecular weight excluding hydrogens is 360 g/mol. The van der Waals surface area contributed by atoms with E-state index in [9.17, 15) is 0 Å². The van der Waals surface area contributed by atoms with Crippen LogP contribution < -0.4 is 0 Å². The van der Waals surface area contributed by atoms with E-state index in [2.05, 4.69) is 39.8 Å². The van der Waals surface area contributed by atoms with E-state index in [0.717, 1.165) is 24.7 Å². The number of hydrogen-bond acceptors (Lipinski definition) is 0. The van der Waals surface area contributed by atoms with Crippen LogP contribution in [0.3, 0.4) is 0 Å². The van der Waals surface area contributed by atoms with Gasteiger partial charge in [0.2, 0.25) is 0 Å². The molecule has 0 aromatic carbocycles. The predicted octanol–water partition coefficient (Wildman–Crippen LogP) is 11.1. The molecule has 0 spiro atoms. The average molecular weight is 419 g/mol. The fourth-order valence-corrected chi connectivity index (χ4v) is 4.43. The molecule has 0 saturated carbocycles. The maximum atomic E-state index is 3.93. The van der Waals surface area contributed by atoms with E-state index >= 15 is 0 Å². The molecule has 2 unspecified atom stereocenters. The van der Waals surface area contributed by atoms with Gasteiger partial charge >= 0.3 is 0 Å². The van der Waals surface area contributed by atoms with Crippen LogP contribution in [0.5, 0.6) is 0 Å². The summed E-state index contributed by atoms with van der Waals surface area (Å²) in [6.07, 6.45) is 35.0. The van der Waals surface area contributed by atoms with Gasteiger partial charge in [0.25, 0.3) is 0 Å². The van der Waals surface area contributed by atoms with E-state index < -0.39 is 0 Å². The highest BCUT2D eigenvalue weighted by molar-refractivity contribution is 4.81. The molecule has 0 amide bonds. The highest BCUT2D eigenvalue weighted by atomic mass is 14.1. The molecule has 0 fully saturated rings. The summed E-state index contributed by atoms with van der Waals surface area (Å²) in [4.78, 5) is 0. The molecule has 0 heterocycles. The molecule has 0 aliphatic rings. The zero-order valence-electron chi connectivity index (χ0n) is 21.3. The lowest BCUT2D eigenvalue weighted by Gasteiger charge is -2.12. The first kappa shape index (κ1) is 29.7. The van der Waals surface area contributed by atoms with Gasteiger partial charge in [0.15, 0.2) is 0 Å². The van der Waals surface area contributed by atoms with Gasteiger partial charge in [0.1, 0.15) is 0 Å². The molecule has 30 heavy (non-hydrogen) atoms. The van der Waals surface area contributed by atoms with Crippen molar-refractivity contribution < 1.29 is 0 Å². The normalized spacial score (nSPS) is 13.9. The minimum absolute atomic E-state index is 0.930. The Balaban J connectivity index is 3.30. The predicted molar refractivity (Wildman–Crippen MR) is 140 cm³/mol. The number of hydrogen-bond donors (Lipinski definition) is 0. The van der Waals surface area contributed by atoms with E-state index in [1.807, 2.05) is 0 Å². The van der Waals surface area contributed by atoms with Crippen LogP contribution in [0, 0.1) is 25.7 Å². The summed E-state index contributed by atoms with van der Waals surface area (Å²) in [6.45, 7) is 12.8. The van der Waals surface area contributed by atoms with Crippen molar-refractivity contribution in [3.63, 3.8) is 0 Å². The molecule has 2 atom stereocenters. The monoisotopic (exact) mass is 418 g/mol. The summed E-state index contributed by atoms with van der Waals surface area (Å²) in [6, 6.07) is 0. The van der Waals surface area contributed by atoms with E-state index in [1.54, 1.807) is 0 Å². The SMILES string of the molecule is [CH2]CCCCCCC/C=C/CCCCC(C)CCCCCCC(C)CCCCC[CH2]. The Kier molecular flexibility index (Phi) is 24.8. The molecule has 0 aliphatic carbocycles. The Hall–Kier alpha value is -0.260. The summed E-state index contributed by atoms with van der Waals surface area (Å²) in [5, 5.41) is 0. The molecule has 0 nitrogen and oxygen atoms in total. The van der Waals surface area contributed by atoms with Gasteiger partial charge in [-0.2, -0.15) is 0 Å². The summed E-state index contributed by atoms with van der Waals surface area (Å²) in [5.74, 6) is 1.87. The van der Waals surface area contributed by atoms with Crippen molar-refractivity contribution in [3.05, 3.63) is 26.0 Å². The summed E-state index contributed by atoms with van der Waals surface area (Å²) >= 11 is 0. The first-order chi connectivity index (χ1) is 14.7. The van der Waals surface area contributed by atoms with Crippen molar-refractivity contribution in [2.24, 2.45) is 11.8 Å². The van der Waals surface area contributed by atoms with Gasteiger partial charge in [0, 0.05) is 0 Å². The van der Waals surface area contributed by atoms with Crippen molar-refractivity contribution in [3.8, 4) is 0 Å². The minimum Gasteiger partial charge on any atom is -0.0885 e. The summed E-state index contributed by atoms with van der Waals surface area (Å²) in [5.41, 5.74) is 0. The number of rotatable bonds is 24. The third-order valence-corrected chi connectivity index (χ3v) is 6.70. The Morgan fingerprint density at radius 3 is 1.20 bits per heavy atom. The van der Waals surface area contributed by atoms with Crippen molar-refractivity contribution in [1.29, 1.82) is 0 Å². The van der Waals surface area contributed by atoms with Crippen molar-refractivity contribution in [2.75, 3.05) is 0 Å². The number of unbranched alkanes of at least 4 members (excludes halogenated alkanes) is 14. The zero-order chi connectivity index (χ0) is 22.1. The van der Waals surface area contributed by atoms with Gasteiger partial charge in [-0.3, -0.25) is 0 Å². The van der Waals surface area contributed by atoms with E-state index in [0.29, 0.717) is 0 Å². The lowest BCUT2D eigenvalue weighted by atomic mass is 9.94. The van der Waals surface area contributed by atoms with Gasteiger partial charge in [-0.25, -0.2) is 0 Å². The first-order valence-electron chi connectivity index (χ1n) is 13.9. The summed E-state index contributed by atoms with van der Waals surface area (Å²) in [7, 11) is 0. The molecule has 2 radical (unpaired) electrons. The van der Waals surface area contributed by atoms with E-state index in [1.165, 1.54) is 128 Å². The Labute approximate surface area is 193 Å². The molecule has 0 N–H and O–H groups in total. The van der Waals surface area contributed by atoms with Crippen LogP contribution >= 0.6 is 0 Å². The molecule has 0 aromatic rings. The molecule has 0 heteroatoms. The van der Waals surface area contributed by atoms with E-state index in [-0.39, 0.29) is 0 Å². The smallest absolute Gasteiger partial charge is 0.0351 e. The van der Waals surface area contributed by atoms with Gasteiger partial charge in [0.05, 0.1) is 0 Å².